The maximum absolute atomic E-state index is 12.4. The molecule has 0 saturated carbocycles. The van der Waals surface area contributed by atoms with E-state index in [1.807, 2.05) is 123 Å². The second-order valence-electron chi connectivity index (χ2n) is 15.8. The van der Waals surface area contributed by atoms with Crippen LogP contribution in [-0.2, 0) is 0 Å². The van der Waals surface area contributed by atoms with Gasteiger partial charge in [0.05, 0.1) is 67.2 Å². The van der Waals surface area contributed by atoms with Gasteiger partial charge in [0, 0.05) is 54.9 Å². The van der Waals surface area contributed by atoms with E-state index >= 15 is 0 Å². The van der Waals surface area contributed by atoms with Crippen molar-refractivity contribution < 1.29 is 28.5 Å². The van der Waals surface area contributed by atoms with Crippen molar-refractivity contribution in [1.29, 1.82) is 0 Å². The van der Waals surface area contributed by atoms with Crippen LogP contribution >= 0.6 is 15.9 Å². The predicted molar refractivity (Wildman–Crippen MR) is 300 cm³/mol. The fourth-order valence-electron chi connectivity index (χ4n) is 7.16. The zero-order chi connectivity index (χ0) is 53.7. The lowest BCUT2D eigenvalue weighted by atomic mass is 10.1. The first-order chi connectivity index (χ1) is 36.4. The quantitative estimate of drug-likeness (QED) is 0.0563. The van der Waals surface area contributed by atoms with E-state index < -0.39 is 0 Å². The molecule has 6 aromatic carbocycles. The van der Waals surface area contributed by atoms with E-state index in [0.717, 1.165) is 33.6 Å². The average Bonchev–Trinajstić information content (AvgIpc) is 3.44. The Balaban J connectivity index is 0.000000215. The van der Waals surface area contributed by atoms with E-state index in [1.54, 1.807) is 79.2 Å². The monoisotopic (exact) mass is 1070 g/mol. The topological polar surface area (TPSA) is 195 Å². The molecular formula is C58H55BrN10O6. The van der Waals surface area contributed by atoms with E-state index in [1.165, 1.54) is 0 Å². The predicted octanol–water partition coefficient (Wildman–Crippen LogP) is 11.1. The zero-order valence-electron chi connectivity index (χ0n) is 42.6. The lowest BCUT2D eigenvalue weighted by molar-refractivity contribution is 0.0956. The largest absolute Gasteiger partial charge is 0.493 e. The molecule has 0 fully saturated rings. The number of rotatable bonds is 14. The standard InChI is InChI=1S/C29H27N5O3.C21H22BrN5O3.C8H6/c1-19-16-22(17-25(36-3)26(19)37-4)32-29-31-18-21(15-14-20-10-6-5-7-11-20)27(34-29)33-24-13-9-8-12-23(24)28(35)30-2;1-12-9-13(10-17(29-3)18(12)30-4)25-21-24-11-15(22)19(27-21)26-16-8-6-5-7-14(16)20(28)23-2;1-2-8-6-4-3-5-7-8/h5-13,16-18H,1-4H3,(H,30,35)(H2,31,32,33,34);5-11H,1-4H3,(H,23,28)(H2,24,25,26,27);1,3-7H. The van der Waals surface area contributed by atoms with Gasteiger partial charge in [0.25, 0.3) is 11.8 Å². The van der Waals surface area contributed by atoms with Gasteiger partial charge < -0.3 is 50.8 Å². The summed E-state index contributed by atoms with van der Waals surface area (Å²) in [4.78, 5) is 42.6. The van der Waals surface area contributed by atoms with E-state index in [2.05, 4.69) is 85.5 Å². The molecule has 0 atom stereocenters. The summed E-state index contributed by atoms with van der Waals surface area (Å²) in [5.41, 5.74) is 7.88. The Bertz CT molecular complexity index is 3360. The molecular weight excluding hydrogens is 1010 g/mol. The molecule has 75 heavy (non-hydrogen) atoms. The minimum atomic E-state index is -0.215. The SMILES string of the molecule is C#Cc1ccccc1.CNC(=O)c1ccccc1Nc1nc(Nc2cc(C)c(OC)c(OC)c2)ncc1Br.CNC(=O)c1ccccc1Nc1nc(Nc2cc(C)c(OC)c(OC)c2)ncc1C#Cc1ccccc1. The first-order valence-electron chi connectivity index (χ1n) is 23.1. The number of carbonyl (C=O) groups is 2. The summed E-state index contributed by atoms with van der Waals surface area (Å²) in [5.74, 6) is 12.6. The van der Waals surface area contributed by atoms with Crippen molar-refractivity contribution in [2.75, 3.05) is 63.8 Å². The molecule has 0 bridgehead atoms. The molecule has 0 radical (unpaired) electrons. The van der Waals surface area contributed by atoms with Crippen LogP contribution in [-0.4, -0.2) is 74.3 Å². The number of benzene rings is 6. The van der Waals surface area contributed by atoms with Crippen molar-refractivity contribution in [2.24, 2.45) is 0 Å². The third kappa shape index (κ3) is 15.0. The minimum absolute atomic E-state index is 0.192. The number of nitrogens with zero attached hydrogens (tertiary/aromatic N) is 4. The number of hydrogen-bond acceptors (Lipinski definition) is 14. The van der Waals surface area contributed by atoms with Crippen LogP contribution < -0.4 is 50.8 Å². The Morgan fingerprint density at radius 1 is 0.533 bits per heavy atom. The first-order valence-corrected chi connectivity index (χ1v) is 23.8. The third-order valence-corrected chi connectivity index (χ3v) is 11.3. The van der Waals surface area contributed by atoms with Crippen LogP contribution in [0.4, 0.5) is 46.3 Å². The lowest BCUT2D eigenvalue weighted by Crippen LogP contribution is -2.19. The van der Waals surface area contributed by atoms with E-state index in [9.17, 15) is 9.59 Å². The Hall–Kier alpha value is -9.58. The molecule has 2 heterocycles. The van der Waals surface area contributed by atoms with Crippen molar-refractivity contribution in [1.82, 2.24) is 30.6 Å². The Morgan fingerprint density at radius 3 is 1.43 bits per heavy atom. The van der Waals surface area contributed by atoms with Crippen LogP contribution in [0.1, 0.15) is 48.5 Å². The summed E-state index contributed by atoms with van der Waals surface area (Å²) in [7, 11) is 9.56. The number of ether oxygens (including phenoxy) is 4. The molecule has 0 saturated heterocycles. The Kier molecular flexibility index (Phi) is 19.9. The van der Waals surface area contributed by atoms with Gasteiger partial charge in [-0.15, -0.1) is 6.42 Å². The van der Waals surface area contributed by atoms with Crippen LogP contribution in [0.5, 0.6) is 23.0 Å². The van der Waals surface area contributed by atoms with Gasteiger partial charge in [-0.3, -0.25) is 9.59 Å². The molecule has 0 aliphatic rings. The molecule has 0 spiro atoms. The minimum Gasteiger partial charge on any atom is -0.493 e. The van der Waals surface area contributed by atoms with Crippen molar-refractivity contribution in [2.45, 2.75) is 13.8 Å². The van der Waals surface area contributed by atoms with Gasteiger partial charge in [-0.1, -0.05) is 78.4 Å². The number of methoxy groups -OCH3 is 4. The smallest absolute Gasteiger partial charge is 0.253 e. The molecule has 2 amide bonds. The van der Waals surface area contributed by atoms with E-state index in [-0.39, 0.29) is 11.8 Å². The Morgan fingerprint density at radius 2 is 0.973 bits per heavy atom. The highest BCUT2D eigenvalue weighted by Gasteiger charge is 2.17. The number of amides is 2. The molecule has 17 heteroatoms. The van der Waals surface area contributed by atoms with Gasteiger partial charge in [0.1, 0.15) is 5.82 Å². The lowest BCUT2D eigenvalue weighted by Gasteiger charge is -2.15. The average molecular weight is 1070 g/mol. The summed E-state index contributed by atoms with van der Waals surface area (Å²) >= 11 is 3.45. The van der Waals surface area contributed by atoms with Gasteiger partial charge in [0.2, 0.25) is 11.9 Å². The summed E-state index contributed by atoms with van der Waals surface area (Å²) in [6.07, 6.45) is 8.38. The number of anilines is 8. The number of nitrogens with one attached hydrogen (secondary N) is 6. The van der Waals surface area contributed by atoms with Crippen LogP contribution in [0, 0.1) is 38.0 Å². The van der Waals surface area contributed by atoms with Crippen LogP contribution in [0.2, 0.25) is 0 Å². The van der Waals surface area contributed by atoms with Crippen molar-refractivity contribution in [3.05, 3.63) is 189 Å². The summed E-state index contributed by atoms with van der Waals surface area (Å²) < 4.78 is 22.3. The highest BCUT2D eigenvalue weighted by atomic mass is 79.9. The highest BCUT2D eigenvalue weighted by molar-refractivity contribution is 9.10. The van der Waals surface area contributed by atoms with Gasteiger partial charge in [-0.25, -0.2) is 9.97 Å². The molecule has 2 aromatic heterocycles. The zero-order valence-corrected chi connectivity index (χ0v) is 44.1. The normalized spacial score (nSPS) is 9.92. The maximum atomic E-state index is 12.4. The Labute approximate surface area is 445 Å². The number of aryl methyl sites for hydroxylation is 2. The fraction of sp³-hybridized carbons (Fsp3) is 0.138. The van der Waals surface area contributed by atoms with Crippen LogP contribution in [0.15, 0.2) is 150 Å². The fourth-order valence-corrected chi connectivity index (χ4v) is 7.45. The van der Waals surface area contributed by atoms with Crippen LogP contribution in [0.3, 0.4) is 0 Å². The molecule has 6 N–H and O–H groups in total. The summed E-state index contributed by atoms with van der Waals surface area (Å²) in [6, 6.07) is 41.1. The number of terminal acetylenes is 1. The number of aromatic nitrogens is 4. The molecule has 0 unspecified atom stereocenters. The van der Waals surface area contributed by atoms with E-state index in [4.69, 9.17) is 25.4 Å². The number of hydrogen-bond donors (Lipinski definition) is 6. The second-order valence-corrected chi connectivity index (χ2v) is 16.6. The maximum Gasteiger partial charge on any atom is 0.253 e. The molecule has 0 aliphatic carbocycles. The highest BCUT2D eigenvalue weighted by Crippen LogP contribution is 2.37. The van der Waals surface area contributed by atoms with Crippen molar-refractivity contribution in [3.63, 3.8) is 0 Å². The van der Waals surface area contributed by atoms with Gasteiger partial charge in [-0.2, -0.15) is 9.97 Å². The first kappa shape index (κ1) is 54.7. The molecule has 16 nitrogen and oxygen atoms in total. The molecule has 380 valence electrons. The summed E-state index contributed by atoms with van der Waals surface area (Å²) in [5, 5.41) is 18.2. The molecule has 8 aromatic rings. The number of carbonyl (C=O) groups excluding carboxylic acids is 2. The van der Waals surface area contributed by atoms with Gasteiger partial charge >= 0.3 is 0 Å². The van der Waals surface area contributed by atoms with Gasteiger partial charge in [-0.05, 0) is 102 Å². The number of halogens is 1. The number of para-hydroxylation sites is 2. The van der Waals surface area contributed by atoms with Crippen LogP contribution in [0.25, 0.3) is 0 Å². The molecule has 0 aliphatic heterocycles. The van der Waals surface area contributed by atoms with Crippen molar-refractivity contribution >= 4 is 74.0 Å². The van der Waals surface area contributed by atoms with E-state index in [0.29, 0.717) is 79.1 Å². The third-order valence-electron chi connectivity index (χ3n) is 10.7. The second kappa shape index (κ2) is 27.3. The molecule has 8 rings (SSSR count). The van der Waals surface area contributed by atoms with Gasteiger partial charge in [0.15, 0.2) is 28.8 Å². The van der Waals surface area contributed by atoms with Crippen molar-refractivity contribution in [3.8, 4) is 47.2 Å². The summed E-state index contributed by atoms with van der Waals surface area (Å²) in [6.45, 7) is 3.86.